The Morgan fingerprint density at radius 3 is 2.29 bits per heavy atom. The number of morpholine rings is 1. The van der Waals surface area contributed by atoms with Crippen molar-refractivity contribution in [1.29, 1.82) is 0 Å². The van der Waals surface area contributed by atoms with Gasteiger partial charge < -0.3 is 20.1 Å². The summed E-state index contributed by atoms with van der Waals surface area (Å²) in [7, 11) is 0. The summed E-state index contributed by atoms with van der Waals surface area (Å²) in [5, 5.41) is 6.01. The minimum absolute atomic E-state index is 0.113. The van der Waals surface area contributed by atoms with E-state index in [1.807, 2.05) is 60.7 Å². The maximum absolute atomic E-state index is 12.8. The highest BCUT2D eigenvalue weighted by atomic mass is 32.1. The molecule has 1 atom stereocenters. The van der Waals surface area contributed by atoms with Crippen molar-refractivity contribution in [1.82, 2.24) is 26.4 Å². The van der Waals surface area contributed by atoms with Gasteiger partial charge in [-0.15, -0.1) is 0 Å². The van der Waals surface area contributed by atoms with Gasteiger partial charge in [0.05, 0.1) is 13.2 Å². The summed E-state index contributed by atoms with van der Waals surface area (Å²) in [5.41, 5.74) is 7.04. The number of benzene rings is 2. The van der Waals surface area contributed by atoms with Crippen molar-refractivity contribution < 1.29 is 19.1 Å². The van der Waals surface area contributed by atoms with E-state index in [9.17, 15) is 9.59 Å². The van der Waals surface area contributed by atoms with Crippen LogP contribution in [0.2, 0.25) is 0 Å². The second-order valence-electron chi connectivity index (χ2n) is 7.77. The Morgan fingerprint density at radius 1 is 0.971 bits per heavy atom. The van der Waals surface area contributed by atoms with Gasteiger partial charge in [-0.05, 0) is 23.3 Å². The fourth-order valence-corrected chi connectivity index (χ4v) is 3.52. The van der Waals surface area contributed by atoms with E-state index in [4.69, 9.17) is 21.7 Å². The van der Waals surface area contributed by atoms with E-state index in [2.05, 4.69) is 26.4 Å². The SMILES string of the molecule is O=C(NC(Cc1ccccc1)C(=O)NNC(=S)NCCN1CCOCC1)OCc1ccccc1. The summed E-state index contributed by atoms with van der Waals surface area (Å²) in [4.78, 5) is 27.5. The van der Waals surface area contributed by atoms with E-state index in [-0.39, 0.29) is 6.61 Å². The van der Waals surface area contributed by atoms with Gasteiger partial charge in [-0.2, -0.15) is 0 Å². The quantitative estimate of drug-likeness (QED) is 0.312. The summed E-state index contributed by atoms with van der Waals surface area (Å²) in [6, 6.07) is 17.9. The van der Waals surface area contributed by atoms with Crippen LogP contribution >= 0.6 is 12.2 Å². The summed E-state index contributed by atoms with van der Waals surface area (Å²) in [5.74, 6) is -0.433. The number of hydrazine groups is 1. The third kappa shape index (κ3) is 9.34. The Hall–Kier alpha value is -3.21. The lowest BCUT2D eigenvalue weighted by atomic mass is 10.1. The van der Waals surface area contributed by atoms with Crippen LogP contribution < -0.4 is 21.5 Å². The molecule has 3 rings (SSSR count). The minimum atomic E-state index is -0.852. The summed E-state index contributed by atoms with van der Waals surface area (Å²) >= 11 is 5.25. The lowest BCUT2D eigenvalue weighted by Crippen LogP contribution is -2.55. The maximum Gasteiger partial charge on any atom is 0.408 e. The predicted octanol–water partition coefficient (Wildman–Crippen LogP) is 1.35. The molecule has 1 aliphatic heterocycles. The van der Waals surface area contributed by atoms with Gasteiger partial charge in [-0.1, -0.05) is 60.7 Å². The number of amides is 2. The molecule has 1 saturated heterocycles. The van der Waals surface area contributed by atoms with Crippen LogP contribution in [0.1, 0.15) is 11.1 Å². The Morgan fingerprint density at radius 2 is 1.62 bits per heavy atom. The number of hydrogen-bond donors (Lipinski definition) is 4. The van der Waals surface area contributed by atoms with Crippen LogP contribution in [-0.4, -0.2) is 67.4 Å². The van der Waals surface area contributed by atoms with Crippen molar-refractivity contribution in [2.75, 3.05) is 39.4 Å². The van der Waals surface area contributed by atoms with Gasteiger partial charge in [0.15, 0.2) is 5.11 Å². The first-order valence-electron chi connectivity index (χ1n) is 11.2. The number of nitrogens with one attached hydrogen (secondary N) is 4. The maximum atomic E-state index is 12.8. The molecule has 0 aliphatic carbocycles. The van der Waals surface area contributed by atoms with Crippen molar-refractivity contribution in [2.45, 2.75) is 19.1 Å². The van der Waals surface area contributed by atoms with Crippen LogP contribution in [0.25, 0.3) is 0 Å². The monoisotopic (exact) mass is 485 g/mol. The smallest absolute Gasteiger partial charge is 0.408 e. The molecule has 2 amide bonds. The summed E-state index contributed by atoms with van der Waals surface area (Å²) in [6.07, 6.45) is -0.377. The van der Waals surface area contributed by atoms with Gasteiger partial charge in [0, 0.05) is 32.6 Å². The zero-order chi connectivity index (χ0) is 24.0. The molecular formula is C24H31N5O4S. The molecule has 182 valence electrons. The number of alkyl carbamates (subject to hydrolysis) is 1. The van der Waals surface area contributed by atoms with Crippen LogP contribution in [0.4, 0.5) is 4.79 Å². The van der Waals surface area contributed by atoms with Gasteiger partial charge in [0.25, 0.3) is 5.91 Å². The average molecular weight is 486 g/mol. The highest BCUT2D eigenvalue weighted by Crippen LogP contribution is 2.05. The molecule has 0 radical (unpaired) electrons. The van der Waals surface area contributed by atoms with Crippen molar-refractivity contribution in [3.63, 3.8) is 0 Å². The van der Waals surface area contributed by atoms with Crippen LogP contribution in [0.3, 0.4) is 0 Å². The van der Waals surface area contributed by atoms with E-state index < -0.39 is 18.0 Å². The van der Waals surface area contributed by atoms with E-state index in [0.29, 0.717) is 18.1 Å². The first-order valence-corrected chi connectivity index (χ1v) is 11.7. The molecule has 34 heavy (non-hydrogen) atoms. The molecular weight excluding hydrogens is 454 g/mol. The first-order chi connectivity index (χ1) is 16.6. The van der Waals surface area contributed by atoms with Crippen molar-refractivity contribution in [2.24, 2.45) is 0 Å². The largest absolute Gasteiger partial charge is 0.445 e. The van der Waals surface area contributed by atoms with Crippen LogP contribution in [-0.2, 0) is 27.3 Å². The molecule has 0 spiro atoms. The molecule has 1 fully saturated rings. The molecule has 10 heteroatoms. The van der Waals surface area contributed by atoms with Crippen LogP contribution in [0, 0.1) is 0 Å². The Bertz CT molecular complexity index is 910. The molecule has 2 aromatic rings. The van der Waals surface area contributed by atoms with Gasteiger partial charge in [0.2, 0.25) is 0 Å². The number of carbonyl (C=O) groups excluding carboxylic acids is 2. The number of hydrogen-bond acceptors (Lipinski definition) is 6. The normalized spacial score (nSPS) is 14.5. The lowest BCUT2D eigenvalue weighted by molar-refractivity contribution is -0.123. The standard InChI is InChI=1S/C24H31N5O4S/c30-22(27-28-23(34)25-11-12-29-13-15-32-16-14-29)21(17-19-7-3-1-4-8-19)26-24(31)33-18-20-9-5-2-6-10-20/h1-10,21H,11-18H2,(H,26,31)(H,27,30)(H2,25,28,34). The molecule has 1 aliphatic rings. The molecule has 2 aromatic carbocycles. The summed E-state index contributed by atoms with van der Waals surface area (Å²) < 4.78 is 10.6. The van der Waals surface area contributed by atoms with Gasteiger partial charge >= 0.3 is 6.09 Å². The number of nitrogens with zero attached hydrogens (tertiary/aromatic N) is 1. The highest BCUT2D eigenvalue weighted by Gasteiger charge is 2.22. The Kier molecular flexibility index (Phi) is 10.6. The van der Waals surface area contributed by atoms with Crippen LogP contribution in [0.15, 0.2) is 60.7 Å². The third-order valence-electron chi connectivity index (χ3n) is 5.22. The second kappa shape index (κ2) is 14.1. The van der Waals surface area contributed by atoms with E-state index >= 15 is 0 Å². The fourth-order valence-electron chi connectivity index (χ4n) is 3.37. The number of thiocarbonyl (C=S) groups is 1. The molecule has 0 saturated carbocycles. The molecule has 1 unspecified atom stereocenters. The Balaban J connectivity index is 1.46. The third-order valence-corrected chi connectivity index (χ3v) is 5.47. The van der Waals surface area contributed by atoms with E-state index in [1.165, 1.54) is 0 Å². The second-order valence-corrected chi connectivity index (χ2v) is 8.18. The van der Waals surface area contributed by atoms with E-state index in [1.54, 1.807) is 0 Å². The zero-order valence-electron chi connectivity index (χ0n) is 19.0. The molecule has 1 heterocycles. The minimum Gasteiger partial charge on any atom is -0.445 e. The first kappa shape index (κ1) is 25.4. The number of ether oxygens (including phenoxy) is 2. The van der Waals surface area contributed by atoms with Crippen molar-refractivity contribution in [3.8, 4) is 0 Å². The van der Waals surface area contributed by atoms with Gasteiger partial charge in [-0.25, -0.2) is 4.79 Å². The Labute approximate surface area is 205 Å². The fraction of sp³-hybridized carbons (Fsp3) is 0.375. The average Bonchev–Trinajstić information content (AvgIpc) is 2.87. The van der Waals surface area contributed by atoms with Gasteiger partial charge in [0.1, 0.15) is 12.6 Å². The lowest BCUT2D eigenvalue weighted by Gasteiger charge is -2.26. The molecule has 0 bridgehead atoms. The van der Waals surface area contributed by atoms with E-state index in [0.717, 1.165) is 44.0 Å². The zero-order valence-corrected chi connectivity index (χ0v) is 19.8. The van der Waals surface area contributed by atoms with Gasteiger partial charge in [-0.3, -0.25) is 20.5 Å². The molecule has 4 N–H and O–H groups in total. The van der Waals surface area contributed by atoms with Crippen molar-refractivity contribution in [3.05, 3.63) is 71.8 Å². The predicted molar refractivity (Wildman–Crippen MR) is 133 cm³/mol. The summed E-state index contributed by atoms with van der Waals surface area (Å²) in [6.45, 7) is 4.84. The number of rotatable bonds is 9. The molecule has 9 nitrogen and oxygen atoms in total. The topological polar surface area (TPSA) is 104 Å². The number of carbonyl (C=O) groups is 2. The van der Waals surface area contributed by atoms with Crippen LogP contribution in [0.5, 0.6) is 0 Å². The van der Waals surface area contributed by atoms with Crippen molar-refractivity contribution >= 4 is 29.3 Å². The highest BCUT2D eigenvalue weighted by molar-refractivity contribution is 7.80. The molecule has 0 aromatic heterocycles.